The molecular weight excluding hydrogens is 522 g/mol. The molecule has 1 unspecified atom stereocenters. The first kappa shape index (κ1) is 22.2. The molecular formula is C21H21Br2NO4S. The largest absolute Gasteiger partial charge is 0.491 e. The van der Waals surface area contributed by atoms with Crippen molar-refractivity contribution in [2.45, 2.75) is 18.9 Å². The van der Waals surface area contributed by atoms with Crippen molar-refractivity contribution >= 4 is 52.8 Å². The van der Waals surface area contributed by atoms with Crippen LogP contribution in [0, 0.1) is 0 Å². The van der Waals surface area contributed by atoms with E-state index in [0.29, 0.717) is 12.2 Å². The molecule has 0 amide bonds. The number of alkyl halides is 1. The Hall–Kier alpha value is -1.48. The molecule has 1 aromatic heterocycles. The molecule has 1 heterocycles. The summed E-state index contributed by atoms with van der Waals surface area (Å²) in [6.45, 7) is 0.163. The van der Waals surface area contributed by atoms with Crippen LogP contribution in [0.3, 0.4) is 0 Å². The number of hydrogen-bond donors (Lipinski definition) is 0. The minimum absolute atomic E-state index is 0.163. The Bertz CT molecular complexity index is 1070. The van der Waals surface area contributed by atoms with E-state index in [4.69, 9.17) is 8.92 Å². The quantitative estimate of drug-likeness (QED) is 0.261. The van der Waals surface area contributed by atoms with Crippen molar-refractivity contribution in [1.82, 2.24) is 4.98 Å². The first-order chi connectivity index (χ1) is 13.9. The van der Waals surface area contributed by atoms with E-state index in [-0.39, 0.29) is 6.61 Å². The average molecular weight is 543 g/mol. The van der Waals surface area contributed by atoms with E-state index in [1.807, 2.05) is 48.5 Å². The topological polar surface area (TPSA) is 65.5 Å². The summed E-state index contributed by atoms with van der Waals surface area (Å²) in [5.74, 6) is 0.659. The molecule has 0 saturated heterocycles. The van der Waals surface area contributed by atoms with Gasteiger partial charge in [-0.3, -0.25) is 9.17 Å². The summed E-state index contributed by atoms with van der Waals surface area (Å²) in [5, 5.41) is 2.79. The minimum atomic E-state index is -3.54. The van der Waals surface area contributed by atoms with Gasteiger partial charge in [0.05, 0.1) is 11.9 Å². The number of benzene rings is 2. The van der Waals surface area contributed by atoms with Crippen molar-refractivity contribution in [3.63, 3.8) is 0 Å². The van der Waals surface area contributed by atoms with Gasteiger partial charge in [-0.2, -0.15) is 8.42 Å². The number of hydrogen-bond acceptors (Lipinski definition) is 5. The van der Waals surface area contributed by atoms with Crippen LogP contribution in [-0.4, -0.2) is 37.7 Å². The van der Waals surface area contributed by atoms with E-state index in [1.54, 1.807) is 6.20 Å². The van der Waals surface area contributed by atoms with Crippen LogP contribution in [0.25, 0.3) is 22.0 Å². The summed E-state index contributed by atoms with van der Waals surface area (Å²) in [5.41, 5.74) is 1.93. The van der Waals surface area contributed by atoms with Crippen molar-refractivity contribution in [3.05, 3.63) is 59.2 Å². The minimum Gasteiger partial charge on any atom is -0.491 e. The van der Waals surface area contributed by atoms with Crippen LogP contribution in [0.1, 0.15) is 12.8 Å². The monoisotopic (exact) mass is 541 g/mol. The molecule has 1 atom stereocenters. The number of halogens is 2. The van der Waals surface area contributed by atoms with Crippen LogP contribution >= 0.6 is 31.9 Å². The molecule has 0 radical (unpaired) electrons. The van der Waals surface area contributed by atoms with Crippen molar-refractivity contribution < 1.29 is 17.3 Å². The highest BCUT2D eigenvalue weighted by Gasteiger charge is 2.16. The molecule has 0 fully saturated rings. The maximum atomic E-state index is 11.5. The van der Waals surface area contributed by atoms with Gasteiger partial charge in [0.25, 0.3) is 10.1 Å². The van der Waals surface area contributed by atoms with Gasteiger partial charge in [-0.15, -0.1) is 0 Å². The zero-order valence-corrected chi connectivity index (χ0v) is 19.8. The van der Waals surface area contributed by atoms with Crippen LogP contribution in [0.15, 0.2) is 59.2 Å². The molecule has 0 N–H and O–H groups in total. The maximum absolute atomic E-state index is 11.5. The highest BCUT2D eigenvalue weighted by molar-refractivity contribution is 9.10. The van der Waals surface area contributed by atoms with Gasteiger partial charge < -0.3 is 4.74 Å². The van der Waals surface area contributed by atoms with E-state index in [0.717, 1.165) is 44.5 Å². The second-order valence-electron chi connectivity index (χ2n) is 6.61. The van der Waals surface area contributed by atoms with E-state index >= 15 is 0 Å². The lowest BCUT2D eigenvalue weighted by Crippen LogP contribution is -2.25. The van der Waals surface area contributed by atoms with Gasteiger partial charge in [0.1, 0.15) is 18.5 Å². The van der Waals surface area contributed by atoms with Gasteiger partial charge in [0.15, 0.2) is 0 Å². The third-order valence-corrected chi connectivity index (χ3v) is 5.97. The SMILES string of the molecule is CS(=O)(=O)OC(CCCBr)COc1ccc2c(-c3ccc(Br)cc3)nccc2c1. The normalized spacial score (nSPS) is 12.8. The van der Waals surface area contributed by atoms with E-state index in [2.05, 4.69) is 36.8 Å². The van der Waals surface area contributed by atoms with Crippen molar-refractivity contribution in [3.8, 4) is 17.0 Å². The number of ether oxygens (including phenoxy) is 1. The highest BCUT2D eigenvalue weighted by atomic mass is 79.9. The fourth-order valence-corrected chi connectivity index (χ4v) is 4.22. The van der Waals surface area contributed by atoms with Crippen LogP contribution in [-0.2, 0) is 14.3 Å². The zero-order valence-electron chi connectivity index (χ0n) is 15.8. The van der Waals surface area contributed by atoms with Gasteiger partial charge >= 0.3 is 0 Å². The summed E-state index contributed by atoms with van der Waals surface area (Å²) < 4.78 is 35.0. The third kappa shape index (κ3) is 6.50. The number of fused-ring (bicyclic) bond motifs is 1. The van der Waals surface area contributed by atoms with Crippen molar-refractivity contribution in [2.75, 3.05) is 18.2 Å². The number of pyridine rings is 1. The summed E-state index contributed by atoms with van der Waals surface area (Å²) >= 11 is 6.81. The van der Waals surface area contributed by atoms with E-state index in [1.165, 1.54) is 0 Å². The molecule has 29 heavy (non-hydrogen) atoms. The second-order valence-corrected chi connectivity index (χ2v) is 9.92. The first-order valence-electron chi connectivity index (χ1n) is 9.07. The molecule has 5 nitrogen and oxygen atoms in total. The Morgan fingerprint density at radius 3 is 2.55 bits per heavy atom. The molecule has 0 aliphatic heterocycles. The average Bonchev–Trinajstić information content (AvgIpc) is 2.69. The third-order valence-electron chi connectivity index (χ3n) is 4.26. The molecule has 0 saturated carbocycles. The zero-order chi connectivity index (χ0) is 20.9. The highest BCUT2D eigenvalue weighted by Crippen LogP contribution is 2.30. The van der Waals surface area contributed by atoms with Crippen molar-refractivity contribution in [1.29, 1.82) is 0 Å². The lowest BCUT2D eigenvalue weighted by atomic mass is 10.0. The van der Waals surface area contributed by atoms with Crippen molar-refractivity contribution in [2.24, 2.45) is 0 Å². The Morgan fingerprint density at radius 1 is 1.10 bits per heavy atom. The molecule has 0 aliphatic rings. The number of nitrogens with zero attached hydrogens (tertiary/aromatic N) is 1. The lowest BCUT2D eigenvalue weighted by molar-refractivity contribution is 0.127. The smallest absolute Gasteiger partial charge is 0.264 e. The Labute approximate surface area is 187 Å². The standard InChI is InChI=1S/C21H21Br2NO4S/c1-29(25,26)28-19(3-2-11-22)14-27-18-8-9-20-16(13-18)10-12-24-21(20)15-4-6-17(23)7-5-15/h4-10,12-13,19H,2-3,11,14H2,1H3. The predicted molar refractivity (Wildman–Crippen MR) is 123 cm³/mol. The van der Waals surface area contributed by atoms with E-state index in [9.17, 15) is 8.42 Å². The molecule has 3 rings (SSSR count). The Kier molecular flexibility index (Phi) is 7.67. The van der Waals surface area contributed by atoms with Crippen LogP contribution in [0.5, 0.6) is 5.75 Å². The fourth-order valence-electron chi connectivity index (χ4n) is 2.98. The van der Waals surface area contributed by atoms with Crippen LogP contribution in [0.2, 0.25) is 0 Å². The van der Waals surface area contributed by atoms with Crippen LogP contribution < -0.4 is 4.74 Å². The molecule has 8 heteroatoms. The molecule has 0 bridgehead atoms. The van der Waals surface area contributed by atoms with Crippen LogP contribution in [0.4, 0.5) is 0 Å². The first-order valence-corrected chi connectivity index (χ1v) is 12.8. The fraction of sp³-hybridized carbons (Fsp3) is 0.286. The molecule has 154 valence electrons. The maximum Gasteiger partial charge on any atom is 0.264 e. The van der Waals surface area contributed by atoms with Gasteiger partial charge in [0, 0.05) is 26.9 Å². The van der Waals surface area contributed by atoms with E-state index < -0.39 is 16.2 Å². The summed E-state index contributed by atoms with van der Waals surface area (Å²) in [6.07, 6.45) is 3.69. The lowest BCUT2D eigenvalue weighted by Gasteiger charge is -2.17. The van der Waals surface area contributed by atoms with Gasteiger partial charge in [-0.1, -0.05) is 44.0 Å². The molecule has 2 aromatic carbocycles. The van der Waals surface area contributed by atoms with Gasteiger partial charge in [0.2, 0.25) is 0 Å². The summed E-state index contributed by atoms with van der Waals surface area (Å²) in [7, 11) is -3.54. The van der Waals surface area contributed by atoms with Gasteiger partial charge in [-0.05, 0) is 54.6 Å². The summed E-state index contributed by atoms with van der Waals surface area (Å²) in [6, 6.07) is 15.7. The summed E-state index contributed by atoms with van der Waals surface area (Å²) in [4.78, 5) is 4.54. The number of aromatic nitrogens is 1. The number of rotatable bonds is 9. The second kappa shape index (κ2) is 10.0. The Balaban J connectivity index is 1.79. The molecule has 0 spiro atoms. The van der Waals surface area contributed by atoms with Gasteiger partial charge in [-0.25, -0.2) is 0 Å². The molecule has 3 aromatic rings. The molecule has 0 aliphatic carbocycles. The predicted octanol–water partition coefficient (Wildman–Crippen LogP) is 5.56. The Morgan fingerprint density at radius 2 is 1.86 bits per heavy atom.